The van der Waals surface area contributed by atoms with Crippen molar-refractivity contribution in [1.82, 2.24) is 0 Å². The maximum absolute atomic E-state index is 3.45. The van der Waals surface area contributed by atoms with Gasteiger partial charge >= 0.3 is 0 Å². The summed E-state index contributed by atoms with van der Waals surface area (Å²) in [6.07, 6.45) is 0. The summed E-state index contributed by atoms with van der Waals surface area (Å²) in [5.41, 5.74) is 2.67. The zero-order valence-electron chi connectivity index (χ0n) is 7.61. The van der Waals surface area contributed by atoms with Crippen molar-refractivity contribution in [1.29, 1.82) is 0 Å². The Morgan fingerprint density at radius 3 is 2.00 bits per heavy atom. The van der Waals surface area contributed by atoms with E-state index >= 15 is 0 Å². The molecule has 0 aliphatic carbocycles. The fourth-order valence-corrected chi connectivity index (χ4v) is 1.18. The van der Waals surface area contributed by atoms with Gasteiger partial charge in [0.05, 0.1) is 0 Å². The van der Waals surface area contributed by atoms with Gasteiger partial charge in [0, 0.05) is 4.47 Å². The van der Waals surface area contributed by atoms with Gasteiger partial charge in [-0.1, -0.05) is 41.9 Å². The van der Waals surface area contributed by atoms with Crippen LogP contribution in [0.1, 0.15) is 25.0 Å². The number of rotatable bonds is 0. The molecular formula is C10H15Br. The topological polar surface area (TPSA) is 0 Å². The molecule has 0 amide bonds. The molecular weight excluding hydrogens is 200 g/mol. The molecule has 1 rings (SSSR count). The van der Waals surface area contributed by atoms with Gasteiger partial charge in [-0.15, -0.1) is 0 Å². The van der Waals surface area contributed by atoms with Gasteiger partial charge in [0.15, 0.2) is 0 Å². The minimum atomic E-state index is 1.20. The van der Waals surface area contributed by atoms with Crippen molar-refractivity contribution in [2.75, 3.05) is 0 Å². The monoisotopic (exact) mass is 214 g/mol. The molecule has 1 aromatic carbocycles. The number of halogens is 1. The van der Waals surface area contributed by atoms with E-state index in [-0.39, 0.29) is 0 Å². The molecule has 0 N–H and O–H groups in total. The molecule has 0 bridgehead atoms. The van der Waals surface area contributed by atoms with Gasteiger partial charge < -0.3 is 0 Å². The van der Waals surface area contributed by atoms with Crippen LogP contribution in [0.5, 0.6) is 0 Å². The molecule has 1 aromatic rings. The lowest BCUT2D eigenvalue weighted by Crippen LogP contribution is -1.79. The lowest BCUT2D eigenvalue weighted by atomic mass is 10.1. The number of hydrogen-bond donors (Lipinski definition) is 0. The molecule has 0 saturated carbocycles. The average molecular weight is 215 g/mol. The Morgan fingerprint density at radius 2 is 1.64 bits per heavy atom. The van der Waals surface area contributed by atoms with Crippen LogP contribution >= 0.6 is 15.9 Å². The Balaban J connectivity index is 0.000000461. The summed E-state index contributed by atoms with van der Waals surface area (Å²) in [5.74, 6) is 0. The SMILES string of the molecule is CC.Cc1cccc(Br)c1C. The van der Waals surface area contributed by atoms with Crippen molar-refractivity contribution >= 4 is 15.9 Å². The molecule has 0 aliphatic rings. The van der Waals surface area contributed by atoms with Crippen molar-refractivity contribution in [3.05, 3.63) is 33.8 Å². The maximum Gasteiger partial charge on any atom is 0.0207 e. The second-order valence-electron chi connectivity index (χ2n) is 2.18. The Kier molecular flexibility index (Phi) is 5.22. The summed E-state index contributed by atoms with van der Waals surface area (Å²) < 4.78 is 1.20. The fraction of sp³-hybridized carbons (Fsp3) is 0.400. The van der Waals surface area contributed by atoms with Crippen LogP contribution in [0.4, 0.5) is 0 Å². The molecule has 0 nitrogen and oxygen atoms in total. The van der Waals surface area contributed by atoms with E-state index in [1.54, 1.807) is 0 Å². The van der Waals surface area contributed by atoms with E-state index in [0.29, 0.717) is 0 Å². The van der Waals surface area contributed by atoms with Crippen LogP contribution in [0.3, 0.4) is 0 Å². The highest BCUT2D eigenvalue weighted by atomic mass is 79.9. The average Bonchev–Trinajstić information content (AvgIpc) is 2.04. The van der Waals surface area contributed by atoms with Crippen molar-refractivity contribution in [2.24, 2.45) is 0 Å². The molecule has 0 atom stereocenters. The third-order valence-electron chi connectivity index (χ3n) is 1.54. The third-order valence-corrected chi connectivity index (χ3v) is 2.40. The predicted octanol–water partition coefficient (Wildman–Crippen LogP) is 4.09. The summed E-state index contributed by atoms with van der Waals surface area (Å²) in [6.45, 7) is 8.22. The largest absolute Gasteiger partial charge is 0.0683 e. The van der Waals surface area contributed by atoms with Gasteiger partial charge in [-0.05, 0) is 31.0 Å². The van der Waals surface area contributed by atoms with Crippen LogP contribution in [0.15, 0.2) is 22.7 Å². The third kappa shape index (κ3) is 3.06. The number of hydrogen-bond acceptors (Lipinski definition) is 0. The van der Waals surface area contributed by atoms with Gasteiger partial charge in [0.25, 0.3) is 0 Å². The molecule has 0 saturated heterocycles. The molecule has 0 aromatic heterocycles. The van der Waals surface area contributed by atoms with E-state index in [1.807, 2.05) is 19.9 Å². The minimum absolute atomic E-state index is 1.20. The van der Waals surface area contributed by atoms with Gasteiger partial charge in [0.1, 0.15) is 0 Å². The minimum Gasteiger partial charge on any atom is -0.0683 e. The van der Waals surface area contributed by atoms with E-state index in [1.165, 1.54) is 15.6 Å². The maximum atomic E-state index is 3.45. The molecule has 0 fully saturated rings. The summed E-state index contributed by atoms with van der Waals surface area (Å²) in [7, 11) is 0. The lowest BCUT2D eigenvalue weighted by Gasteiger charge is -1.99. The van der Waals surface area contributed by atoms with Crippen molar-refractivity contribution in [2.45, 2.75) is 27.7 Å². The number of benzene rings is 1. The van der Waals surface area contributed by atoms with E-state index in [2.05, 4.69) is 41.9 Å². The van der Waals surface area contributed by atoms with E-state index in [0.717, 1.165) is 0 Å². The summed E-state index contributed by atoms with van der Waals surface area (Å²) >= 11 is 3.45. The van der Waals surface area contributed by atoms with Crippen LogP contribution in [0, 0.1) is 13.8 Å². The van der Waals surface area contributed by atoms with Crippen LogP contribution in [-0.4, -0.2) is 0 Å². The van der Waals surface area contributed by atoms with Crippen LogP contribution < -0.4 is 0 Å². The molecule has 0 unspecified atom stereocenters. The lowest BCUT2D eigenvalue weighted by molar-refractivity contribution is 1.32. The first-order valence-electron chi connectivity index (χ1n) is 3.93. The molecule has 0 heterocycles. The molecule has 1 heteroatoms. The highest BCUT2D eigenvalue weighted by Gasteiger charge is 1.93. The Morgan fingerprint density at radius 1 is 1.09 bits per heavy atom. The van der Waals surface area contributed by atoms with Crippen LogP contribution in [0.25, 0.3) is 0 Å². The van der Waals surface area contributed by atoms with Crippen LogP contribution in [-0.2, 0) is 0 Å². The van der Waals surface area contributed by atoms with E-state index in [9.17, 15) is 0 Å². The molecule has 0 aliphatic heterocycles. The summed E-state index contributed by atoms with van der Waals surface area (Å²) in [5, 5.41) is 0. The zero-order chi connectivity index (χ0) is 8.85. The molecule has 0 spiro atoms. The Hall–Kier alpha value is -0.300. The van der Waals surface area contributed by atoms with Gasteiger partial charge in [-0.25, -0.2) is 0 Å². The van der Waals surface area contributed by atoms with Crippen molar-refractivity contribution in [3.63, 3.8) is 0 Å². The Labute approximate surface area is 77.8 Å². The predicted molar refractivity (Wildman–Crippen MR) is 55.0 cm³/mol. The summed E-state index contributed by atoms with van der Waals surface area (Å²) in [6, 6.07) is 6.22. The van der Waals surface area contributed by atoms with Crippen LogP contribution in [0.2, 0.25) is 0 Å². The first kappa shape index (κ1) is 10.7. The van der Waals surface area contributed by atoms with Gasteiger partial charge in [0.2, 0.25) is 0 Å². The highest BCUT2D eigenvalue weighted by Crippen LogP contribution is 2.17. The number of aryl methyl sites for hydroxylation is 1. The first-order chi connectivity index (χ1) is 5.22. The quantitative estimate of drug-likeness (QED) is 0.611. The van der Waals surface area contributed by atoms with Crippen molar-refractivity contribution in [3.8, 4) is 0 Å². The highest BCUT2D eigenvalue weighted by molar-refractivity contribution is 9.10. The molecule has 62 valence electrons. The van der Waals surface area contributed by atoms with Gasteiger partial charge in [-0.2, -0.15) is 0 Å². The normalized spacial score (nSPS) is 8.45. The van der Waals surface area contributed by atoms with Crippen molar-refractivity contribution < 1.29 is 0 Å². The molecule has 11 heavy (non-hydrogen) atoms. The second kappa shape index (κ2) is 5.36. The Bertz CT molecular complexity index is 196. The standard InChI is InChI=1S/C8H9Br.C2H6/c1-6-4-3-5-8(9)7(6)2;1-2/h3-5H,1-2H3;1-2H3. The summed E-state index contributed by atoms with van der Waals surface area (Å²) in [4.78, 5) is 0. The zero-order valence-corrected chi connectivity index (χ0v) is 9.20. The van der Waals surface area contributed by atoms with E-state index < -0.39 is 0 Å². The first-order valence-corrected chi connectivity index (χ1v) is 4.73. The van der Waals surface area contributed by atoms with Gasteiger partial charge in [-0.3, -0.25) is 0 Å². The second-order valence-corrected chi connectivity index (χ2v) is 3.04. The fourth-order valence-electron chi connectivity index (χ4n) is 0.715. The molecule has 0 radical (unpaired) electrons. The van der Waals surface area contributed by atoms with E-state index in [4.69, 9.17) is 0 Å². The smallest absolute Gasteiger partial charge is 0.0207 e.